The molecule has 5 rings (SSSR count). The maximum Gasteiger partial charge on any atom is 0.294 e. The fourth-order valence-electron chi connectivity index (χ4n) is 4.85. The van der Waals surface area contributed by atoms with Crippen molar-refractivity contribution in [1.29, 1.82) is 0 Å². The summed E-state index contributed by atoms with van der Waals surface area (Å²) in [5.74, 6) is -0.280. The summed E-state index contributed by atoms with van der Waals surface area (Å²) < 4.78 is 55.4. The molecule has 3 aromatic carbocycles. The molecule has 0 aliphatic carbocycles. The lowest BCUT2D eigenvalue weighted by Gasteiger charge is -2.34. The standard InChI is InChI=1S/C30H32FN5O5S/c1-21-6-9-25(10-7-21)30-32-29(33-41-30)26-11-8-23(17-27(26)31)18-28(40-20-37)34-42(38,39)36-14-12-35(13-15-36)19-24-5-3-4-22(2)16-24/h3-11,16-17,20,28,34H,12-15,18-19H2,1-2H3. The number of aromatic nitrogens is 2. The minimum Gasteiger partial charge on any atom is -0.447 e. The molecule has 1 fully saturated rings. The Bertz CT molecular complexity index is 1640. The smallest absolute Gasteiger partial charge is 0.294 e. The Balaban J connectivity index is 1.20. The maximum atomic E-state index is 15.1. The fraction of sp³-hybridized carbons (Fsp3) is 0.300. The molecule has 0 saturated carbocycles. The molecule has 2 heterocycles. The van der Waals surface area contributed by atoms with Crippen LogP contribution in [0.2, 0.25) is 0 Å². The number of benzene rings is 3. The second kappa shape index (κ2) is 12.9. The van der Waals surface area contributed by atoms with Gasteiger partial charge < -0.3 is 9.26 Å². The van der Waals surface area contributed by atoms with E-state index in [0.717, 1.165) is 12.1 Å². The average Bonchev–Trinajstić information content (AvgIpc) is 3.44. The van der Waals surface area contributed by atoms with Crippen molar-refractivity contribution in [3.8, 4) is 22.8 Å². The van der Waals surface area contributed by atoms with Gasteiger partial charge in [0.25, 0.3) is 22.6 Å². The van der Waals surface area contributed by atoms with E-state index >= 15 is 4.39 Å². The highest BCUT2D eigenvalue weighted by Gasteiger charge is 2.30. The van der Waals surface area contributed by atoms with Crippen LogP contribution in [-0.2, 0) is 32.7 Å². The van der Waals surface area contributed by atoms with Gasteiger partial charge in [0.15, 0.2) is 6.23 Å². The van der Waals surface area contributed by atoms with Crippen molar-refractivity contribution < 1.29 is 26.9 Å². The normalized spacial score (nSPS) is 15.4. The average molecular weight is 594 g/mol. The minimum absolute atomic E-state index is 0.0800. The van der Waals surface area contributed by atoms with Crippen LogP contribution in [-0.4, -0.2) is 66.6 Å². The molecule has 1 aromatic heterocycles. The van der Waals surface area contributed by atoms with Gasteiger partial charge >= 0.3 is 0 Å². The molecule has 0 amide bonds. The van der Waals surface area contributed by atoms with Gasteiger partial charge in [0.1, 0.15) is 5.82 Å². The van der Waals surface area contributed by atoms with Crippen LogP contribution < -0.4 is 4.72 Å². The number of rotatable bonds is 11. The van der Waals surface area contributed by atoms with Crippen molar-refractivity contribution in [3.63, 3.8) is 0 Å². The predicted molar refractivity (Wildman–Crippen MR) is 155 cm³/mol. The third kappa shape index (κ3) is 7.26. The van der Waals surface area contributed by atoms with Crippen LogP contribution in [0.15, 0.2) is 71.3 Å². The van der Waals surface area contributed by atoms with Crippen LogP contribution in [0.1, 0.15) is 22.3 Å². The van der Waals surface area contributed by atoms with E-state index in [2.05, 4.69) is 31.9 Å². The van der Waals surface area contributed by atoms with E-state index in [1.165, 1.54) is 27.6 Å². The lowest BCUT2D eigenvalue weighted by atomic mass is 10.1. The van der Waals surface area contributed by atoms with Gasteiger partial charge in [0.05, 0.1) is 5.56 Å². The zero-order valence-corrected chi connectivity index (χ0v) is 24.2. The Kier molecular flexibility index (Phi) is 9.07. The van der Waals surface area contributed by atoms with E-state index in [0.29, 0.717) is 24.2 Å². The number of piperazine rings is 1. The van der Waals surface area contributed by atoms with Gasteiger partial charge in [-0.25, -0.2) is 4.39 Å². The van der Waals surface area contributed by atoms with Crippen LogP contribution >= 0.6 is 0 Å². The molecule has 1 N–H and O–H groups in total. The lowest BCUT2D eigenvalue weighted by Crippen LogP contribution is -2.54. The number of aryl methyl sites for hydroxylation is 2. The van der Waals surface area contributed by atoms with Crippen LogP contribution in [0.5, 0.6) is 0 Å². The van der Waals surface area contributed by atoms with Crippen molar-refractivity contribution in [1.82, 2.24) is 24.1 Å². The van der Waals surface area contributed by atoms with Gasteiger partial charge in [-0.15, -0.1) is 0 Å². The highest BCUT2D eigenvalue weighted by Crippen LogP contribution is 2.25. The summed E-state index contributed by atoms with van der Waals surface area (Å²) in [4.78, 5) is 17.7. The number of ether oxygens (including phenoxy) is 1. The second-order valence-electron chi connectivity index (χ2n) is 10.3. The predicted octanol–water partition coefficient (Wildman–Crippen LogP) is 3.85. The molecule has 0 bridgehead atoms. The molecule has 10 nitrogen and oxygen atoms in total. The van der Waals surface area contributed by atoms with Gasteiger partial charge in [-0.3, -0.25) is 9.69 Å². The molecule has 4 aromatic rings. The summed E-state index contributed by atoms with van der Waals surface area (Å²) in [6, 6.07) is 20.0. The van der Waals surface area contributed by atoms with Crippen molar-refractivity contribution in [3.05, 3.63) is 94.8 Å². The summed E-state index contributed by atoms with van der Waals surface area (Å²) in [6.07, 6.45) is -1.30. The third-order valence-electron chi connectivity index (χ3n) is 7.08. The largest absolute Gasteiger partial charge is 0.447 e. The summed E-state index contributed by atoms with van der Waals surface area (Å²) in [6.45, 7) is 6.59. The van der Waals surface area contributed by atoms with Crippen molar-refractivity contribution in [2.45, 2.75) is 33.0 Å². The topological polar surface area (TPSA) is 118 Å². The Morgan fingerprint density at radius 3 is 2.45 bits per heavy atom. The van der Waals surface area contributed by atoms with E-state index in [1.807, 2.05) is 50.2 Å². The third-order valence-corrected chi connectivity index (χ3v) is 8.69. The molecule has 1 aliphatic rings. The van der Waals surface area contributed by atoms with Gasteiger partial charge in [0, 0.05) is 44.7 Å². The van der Waals surface area contributed by atoms with Gasteiger partial charge in [-0.1, -0.05) is 58.7 Å². The monoisotopic (exact) mass is 593 g/mol. The van der Waals surface area contributed by atoms with Crippen molar-refractivity contribution >= 4 is 16.7 Å². The van der Waals surface area contributed by atoms with E-state index < -0.39 is 22.3 Å². The first-order valence-corrected chi connectivity index (χ1v) is 15.0. The van der Waals surface area contributed by atoms with Gasteiger partial charge in [0.2, 0.25) is 5.82 Å². The van der Waals surface area contributed by atoms with Crippen molar-refractivity contribution in [2.24, 2.45) is 0 Å². The minimum atomic E-state index is -3.97. The Morgan fingerprint density at radius 1 is 1.00 bits per heavy atom. The summed E-state index contributed by atoms with van der Waals surface area (Å²) in [5, 5.41) is 3.90. The first kappa shape index (κ1) is 29.5. The van der Waals surface area contributed by atoms with Gasteiger partial charge in [-0.05, 0) is 49.2 Å². The first-order chi connectivity index (χ1) is 20.2. The second-order valence-corrected chi connectivity index (χ2v) is 12.0. The van der Waals surface area contributed by atoms with E-state index in [9.17, 15) is 13.2 Å². The highest BCUT2D eigenvalue weighted by molar-refractivity contribution is 7.87. The molecule has 0 spiro atoms. The molecule has 42 heavy (non-hydrogen) atoms. The SMILES string of the molecule is Cc1ccc(-c2nc(-c3ccc(CC(NS(=O)(=O)N4CCN(Cc5cccc(C)c5)CC4)OC=O)cc3F)no2)cc1. The molecular formula is C30H32FN5O5S. The molecule has 12 heteroatoms. The van der Waals surface area contributed by atoms with Crippen molar-refractivity contribution in [2.75, 3.05) is 26.2 Å². The van der Waals surface area contributed by atoms with Crippen LogP contribution in [0.3, 0.4) is 0 Å². The van der Waals surface area contributed by atoms with Crippen LogP contribution in [0.4, 0.5) is 4.39 Å². The molecule has 1 unspecified atom stereocenters. The quantitative estimate of drug-likeness (QED) is 0.206. The Labute approximate surface area is 244 Å². The Hall–Kier alpha value is -3.97. The molecule has 1 atom stereocenters. The first-order valence-electron chi connectivity index (χ1n) is 13.5. The number of carbonyl (C=O) groups is 1. The molecular weight excluding hydrogens is 561 g/mol. The number of halogens is 1. The number of carbonyl (C=O) groups excluding carboxylic acids is 1. The summed E-state index contributed by atoms with van der Waals surface area (Å²) in [5.41, 5.74) is 4.68. The zero-order valence-electron chi connectivity index (χ0n) is 23.4. The zero-order chi connectivity index (χ0) is 29.7. The van der Waals surface area contributed by atoms with Crippen LogP contribution in [0, 0.1) is 19.7 Å². The molecule has 0 radical (unpaired) electrons. The molecule has 1 aliphatic heterocycles. The molecule has 220 valence electrons. The maximum absolute atomic E-state index is 15.1. The summed E-state index contributed by atoms with van der Waals surface area (Å²) in [7, 11) is -3.97. The van der Waals surface area contributed by atoms with Gasteiger partial charge in [-0.2, -0.15) is 22.4 Å². The van der Waals surface area contributed by atoms with E-state index in [1.54, 1.807) is 6.07 Å². The van der Waals surface area contributed by atoms with Crippen LogP contribution in [0.25, 0.3) is 22.8 Å². The Morgan fingerprint density at radius 2 is 1.76 bits per heavy atom. The van der Waals surface area contributed by atoms with E-state index in [-0.39, 0.29) is 43.3 Å². The number of hydrogen-bond acceptors (Lipinski definition) is 8. The fourth-order valence-corrected chi connectivity index (χ4v) is 6.11. The number of nitrogens with one attached hydrogen (secondary N) is 1. The summed E-state index contributed by atoms with van der Waals surface area (Å²) >= 11 is 0. The number of nitrogens with zero attached hydrogens (tertiary/aromatic N) is 4. The number of hydrogen-bond donors (Lipinski definition) is 1. The molecule has 1 saturated heterocycles. The lowest BCUT2D eigenvalue weighted by molar-refractivity contribution is -0.133. The van der Waals surface area contributed by atoms with E-state index in [4.69, 9.17) is 9.26 Å². The highest BCUT2D eigenvalue weighted by atomic mass is 32.2.